The number of carbonyl (C=O) groups excluding carboxylic acids is 1. The zero-order chi connectivity index (χ0) is 9.14. The number of amides is 1. The van der Waals surface area contributed by atoms with Gasteiger partial charge >= 0.3 is 0 Å². The van der Waals surface area contributed by atoms with Gasteiger partial charge in [-0.1, -0.05) is 13.8 Å². The maximum Gasteiger partial charge on any atom is 0.222 e. The van der Waals surface area contributed by atoms with Crippen molar-refractivity contribution in [2.45, 2.75) is 20.3 Å². The largest absolute Gasteiger partial charge is 0.342 e. The first kappa shape index (κ1) is 9.90. The van der Waals surface area contributed by atoms with Crippen LogP contribution in [0.3, 0.4) is 0 Å². The minimum Gasteiger partial charge on any atom is -0.342 e. The molecule has 0 radical (unpaired) electrons. The van der Waals surface area contributed by atoms with E-state index in [2.05, 4.69) is 26.5 Å². The molecule has 1 heterocycles. The lowest BCUT2D eigenvalue weighted by atomic mass is 10.2. The number of hydrogen-bond donors (Lipinski definition) is 1. The van der Waals surface area contributed by atoms with Crippen LogP contribution in [0.15, 0.2) is 0 Å². The van der Waals surface area contributed by atoms with Gasteiger partial charge in [0.1, 0.15) is 0 Å². The number of rotatable bonds is 3. The normalized spacial score (nSPS) is 26.4. The van der Waals surface area contributed by atoms with Crippen molar-refractivity contribution in [3.05, 3.63) is 0 Å². The van der Waals surface area contributed by atoms with Crippen molar-refractivity contribution in [2.75, 3.05) is 18.8 Å². The second kappa shape index (κ2) is 4.17. The van der Waals surface area contributed by atoms with Gasteiger partial charge in [-0.15, -0.1) is 0 Å². The first-order chi connectivity index (χ1) is 5.63. The molecule has 2 atom stereocenters. The molecule has 70 valence electrons. The molecule has 1 aliphatic heterocycles. The average molecular weight is 187 g/mol. The van der Waals surface area contributed by atoms with Crippen LogP contribution in [-0.4, -0.2) is 29.6 Å². The standard InChI is InChI=1S/C9H17NOS/c1-7-3-9(11)10(4-7)5-8(2)6-12/h7-8,12H,3-6H2,1-2H3. The van der Waals surface area contributed by atoms with E-state index in [9.17, 15) is 4.79 Å². The number of nitrogens with zero attached hydrogens (tertiary/aromatic N) is 1. The number of hydrogen-bond acceptors (Lipinski definition) is 2. The summed E-state index contributed by atoms with van der Waals surface area (Å²) in [5, 5.41) is 0. The molecular weight excluding hydrogens is 170 g/mol. The second-order valence-corrected chi connectivity index (χ2v) is 4.26. The Morgan fingerprint density at radius 1 is 1.75 bits per heavy atom. The molecule has 3 heteroatoms. The maximum atomic E-state index is 11.3. The minimum atomic E-state index is 0.316. The van der Waals surface area contributed by atoms with Gasteiger partial charge in [0.25, 0.3) is 0 Å². The van der Waals surface area contributed by atoms with Crippen LogP contribution in [0.1, 0.15) is 20.3 Å². The zero-order valence-electron chi connectivity index (χ0n) is 7.79. The Balaban J connectivity index is 2.37. The molecule has 1 rings (SSSR count). The fourth-order valence-corrected chi connectivity index (χ4v) is 1.70. The second-order valence-electron chi connectivity index (χ2n) is 3.90. The highest BCUT2D eigenvalue weighted by Gasteiger charge is 2.26. The molecule has 0 spiro atoms. The van der Waals surface area contributed by atoms with Crippen molar-refractivity contribution < 1.29 is 4.79 Å². The van der Waals surface area contributed by atoms with Gasteiger partial charge in [0, 0.05) is 19.5 Å². The van der Waals surface area contributed by atoms with Crippen LogP contribution >= 0.6 is 12.6 Å². The molecule has 0 aromatic carbocycles. The van der Waals surface area contributed by atoms with Gasteiger partial charge in [-0.3, -0.25) is 4.79 Å². The van der Waals surface area contributed by atoms with Gasteiger partial charge in [0.2, 0.25) is 5.91 Å². The van der Waals surface area contributed by atoms with Crippen LogP contribution < -0.4 is 0 Å². The molecular formula is C9H17NOS. The summed E-state index contributed by atoms with van der Waals surface area (Å²) in [5.41, 5.74) is 0. The van der Waals surface area contributed by atoms with E-state index in [1.165, 1.54) is 0 Å². The average Bonchev–Trinajstić information content (AvgIpc) is 2.30. The zero-order valence-corrected chi connectivity index (χ0v) is 8.68. The van der Waals surface area contributed by atoms with E-state index < -0.39 is 0 Å². The first-order valence-electron chi connectivity index (χ1n) is 4.52. The highest BCUT2D eigenvalue weighted by molar-refractivity contribution is 7.80. The Labute approximate surface area is 79.7 Å². The highest BCUT2D eigenvalue weighted by Crippen LogP contribution is 2.18. The molecule has 1 aliphatic rings. The molecule has 1 fully saturated rings. The van der Waals surface area contributed by atoms with Crippen LogP contribution in [0.2, 0.25) is 0 Å². The maximum absolute atomic E-state index is 11.3. The molecule has 0 aromatic rings. The summed E-state index contributed by atoms with van der Waals surface area (Å²) < 4.78 is 0. The molecule has 0 aromatic heterocycles. The Morgan fingerprint density at radius 2 is 2.42 bits per heavy atom. The van der Waals surface area contributed by atoms with Gasteiger partial charge in [-0.2, -0.15) is 12.6 Å². The van der Waals surface area contributed by atoms with E-state index in [0.717, 1.165) is 25.3 Å². The summed E-state index contributed by atoms with van der Waals surface area (Å²) in [4.78, 5) is 13.3. The molecule has 2 nitrogen and oxygen atoms in total. The molecule has 1 amide bonds. The first-order valence-corrected chi connectivity index (χ1v) is 5.15. The van der Waals surface area contributed by atoms with Crippen LogP contribution in [-0.2, 0) is 4.79 Å². The monoisotopic (exact) mass is 187 g/mol. The van der Waals surface area contributed by atoms with Crippen LogP contribution in [0.25, 0.3) is 0 Å². The van der Waals surface area contributed by atoms with E-state index in [1.54, 1.807) is 0 Å². The van der Waals surface area contributed by atoms with E-state index >= 15 is 0 Å². The van der Waals surface area contributed by atoms with Crippen molar-refractivity contribution in [3.63, 3.8) is 0 Å². The van der Waals surface area contributed by atoms with E-state index in [-0.39, 0.29) is 0 Å². The molecule has 0 aliphatic carbocycles. The summed E-state index contributed by atoms with van der Waals surface area (Å²) >= 11 is 4.20. The van der Waals surface area contributed by atoms with E-state index in [0.29, 0.717) is 17.7 Å². The van der Waals surface area contributed by atoms with Crippen molar-refractivity contribution in [1.82, 2.24) is 4.90 Å². The van der Waals surface area contributed by atoms with Gasteiger partial charge < -0.3 is 4.90 Å². The topological polar surface area (TPSA) is 20.3 Å². The number of thiol groups is 1. The van der Waals surface area contributed by atoms with Crippen molar-refractivity contribution in [1.29, 1.82) is 0 Å². The lowest BCUT2D eigenvalue weighted by Gasteiger charge is -2.19. The van der Waals surface area contributed by atoms with Gasteiger partial charge in [0.15, 0.2) is 0 Å². The minimum absolute atomic E-state index is 0.316. The van der Waals surface area contributed by atoms with E-state index in [1.807, 2.05) is 4.90 Å². The third-order valence-electron chi connectivity index (χ3n) is 2.25. The SMILES string of the molecule is CC(CS)CN1CC(C)CC1=O. The van der Waals surface area contributed by atoms with Crippen LogP contribution in [0, 0.1) is 11.8 Å². The van der Waals surface area contributed by atoms with Crippen LogP contribution in [0.5, 0.6) is 0 Å². The summed E-state index contributed by atoms with van der Waals surface area (Å²) in [6, 6.07) is 0. The molecule has 1 saturated heterocycles. The van der Waals surface area contributed by atoms with Gasteiger partial charge in [-0.05, 0) is 17.6 Å². The van der Waals surface area contributed by atoms with Crippen molar-refractivity contribution in [2.24, 2.45) is 11.8 Å². The number of carbonyl (C=O) groups is 1. The highest BCUT2D eigenvalue weighted by atomic mass is 32.1. The Hall–Kier alpha value is -0.180. The number of likely N-dealkylation sites (tertiary alicyclic amines) is 1. The van der Waals surface area contributed by atoms with Gasteiger partial charge in [-0.25, -0.2) is 0 Å². The fourth-order valence-electron chi connectivity index (χ4n) is 1.58. The van der Waals surface area contributed by atoms with Gasteiger partial charge in [0.05, 0.1) is 0 Å². The van der Waals surface area contributed by atoms with Crippen LogP contribution in [0.4, 0.5) is 0 Å². The third-order valence-corrected chi connectivity index (χ3v) is 2.87. The molecule has 0 N–H and O–H groups in total. The summed E-state index contributed by atoms with van der Waals surface area (Å²) in [6.45, 7) is 6.08. The Kier molecular flexibility index (Phi) is 3.44. The predicted molar refractivity (Wildman–Crippen MR) is 53.4 cm³/mol. The summed E-state index contributed by atoms with van der Waals surface area (Å²) in [7, 11) is 0. The molecule has 2 unspecified atom stereocenters. The summed E-state index contributed by atoms with van der Waals surface area (Å²) in [5.74, 6) is 2.24. The summed E-state index contributed by atoms with van der Waals surface area (Å²) in [6.07, 6.45) is 0.735. The lowest BCUT2D eigenvalue weighted by molar-refractivity contribution is -0.128. The van der Waals surface area contributed by atoms with Crippen molar-refractivity contribution in [3.8, 4) is 0 Å². The predicted octanol–water partition coefficient (Wildman–Crippen LogP) is 1.42. The Morgan fingerprint density at radius 3 is 2.83 bits per heavy atom. The quantitative estimate of drug-likeness (QED) is 0.663. The third kappa shape index (κ3) is 2.41. The Bertz CT molecular complexity index is 172. The molecule has 0 saturated carbocycles. The van der Waals surface area contributed by atoms with E-state index in [4.69, 9.17) is 0 Å². The molecule has 0 bridgehead atoms. The van der Waals surface area contributed by atoms with Crippen molar-refractivity contribution >= 4 is 18.5 Å². The fraction of sp³-hybridized carbons (Fsp3) is 0.889. The lowest BCUT2D eigenvalue weighted by Crippen LogP contribution is -2.30. The molecule has 12 heavy (non-hydrogen) atoms. The smallest absolute Gasteiger partial charge is 0.222 e.